The molecule has 2 rings (SSSR count). The fourth-order valence-corrected chi connectivity index (χ4v) is 2.74. The molecular formula is C15H16N2O4S. The molecule has 0 aliphatic heterocycles. The molecule has 116 valence electrons. The molecule has 0 spiro atoms. The van der Waals surface area contributed by atoms with Crippen LogP contribution >= 0.6 is 11.8 Å². The zero-order chi connectivity index (χ0) is 16.1. The molecule has 7 heteroatoms. The van der Waals surface area contributed by atoms with Gasteiger partial charge in [-0.05, 0) is 12.5 Å². The minimum Gasteiger partial charge on any atom is -0.468 e. The van der Waals surface area contributed by atoms with Crippen LogP contribution in [-0.2, 0) is 16.1 Å². The number of methoxy groups -OCH3 is 1. The number of H-pyrrole nitrogens is 1. The zero-order valence-corrected chi connectivity index (χ0v) is 13.1. The molecule has 1 aromatic carbocycles. The summed E-state index contributed by atoms with van der Waals surface area (Å²) in [6, 6.07) is 9.26. The third kappa shape index (κ3) is 3.67. The van der Waals surface area contributed by atoms with Crippen LogP contribution < -0.4 is 11.2 Å². The molecule has 0 bridgehead atoms. The second-order valence-electron chi connectivity index (χ2n) is 4.63. The summed E-state index contributed by atoms with van der Waals surface area (Å²) in [5.41, 5.74) is 0.417. The maximum absolute atomic E-state index is 12.3. The number of benzene rings is 1. The monoisotopic (exact) mass is 320 g/mol. The summed E-state index contributed by atoms with van der Waals surface area (Å²) in [5.74, 6) is -0.381. The number of ether oxygens (including phenoxy) is 1. The lowest BCUT2D eigenvalue weighted by Gasteiger charge is -2.09. The van der Waals surface area contributed by atoms with Crippen LogP contribution in [0.1, 0.15) is 11.1 Å². The number of carbonyl (C=O) groups excluding carboxylic acids is 1. The summed E-state index contributed by atoms with van der Waals surface area (Å²) < 4.78 is 5.69. The molecule has 0 unspecified atom stereocenters. The van der Waals surface area contributed by atoms with Gasteiger partial charge in [-0.15, -0.1) is 0 Å². The van der Waals surface area contributed by atoms with Crippen molar-refractivity contribution >= 4 is 17.7 Å². The fraction of sp³-hybridized carbons (Fsp3) is 0.267. The van der Waals surface area contributed by atoms with Crippen LogP contribution in [0.5, 0.6) is 0 Å². The molecule has 6 nitrogen and oxygen atoms in total. The Hall–Kier alpha value is -2.28. The fourth-order valence-electron chi connectivity index (χ4n) is 1.89. The first kappa shape index (κ1) is 16.1. The van der Waals surface area contributed by atoms with E-state index in [-0.39, 0.29) is 17.9 Å². The molecule has 0 saturated carbocycles. The van der Waals surface area contributed by atoms with E-state index < -0.39 is 11.7 Å². The van der Waals surface area contributed by atoms with E-state index in [0.29, 0.717) is 10.6 Å². The molecule has 1 heterocycles. The van der Waals surface area contributed by atoms with Gasteiger partial charge in [0.2, 0.25) is 0 Å². The highest BCUT2D eigenvalue weighted by atomic mass is 32.2. The number of esters is 1. The first-order valence-corrected chi connectivity index (χ1v) is 7.58. The Kier molecular flexibility index (Phi) is 5.21. The molecule has 0 radical (unpaired) electrons. The number of hydrogen-bond donors (Lipinski definition) is 1. The lowest BCUT2D eigenvalue weighted by molar-refractivity contribution is -0.137. The van der Waals surface area contributed by atoms with Gasteiger partial charge in [-0.2, -0.15) is 0 Å². The van der Waals surface area contributed by atoms with E-state index in [1.54, 1.807) is 6.92 Å². The van der Waals surface area contributed by atoms with Crippen molar-refractivity contribution in [3.05, 3.63) is 62.3 Å². The van der Waals surface area contributed by atoms with Crippen LogP contribution in [-0.4, -0.2) is 28.4 Å². The number of nitrogens with one attached hydrogen (secondary N) is 1. The van der Waals surface area contributed by atoms with E-state index in [1.165, 1.54) is 7.11 Å². The van der Waals surface area contributed by atoms with Gasteiger partial charge in [0.25, 0.3) is 5.56 Å². The molecule has 0 saturated heterocycles. The van der Waals surface area contributed by atoms with Gasteiger partial charge in [-0.3, -0.25) is 14.2 Å². The van der Waals surface area contributed by atoms with Gasteiger partial charge in [-0.1, -0.05) is 42.1 Å². The molecule has 0 amide bonds. The van der Waals surface area contributed by atoms with E-state index in [1.807, 2.05) is 30.3 Å². The SMILES string of the molecule is COC(=O)CSc1[nH]c(=O)n(Cc2ccccc2)c(=O)c1C. The number of hydrogen-bond acceptors (Lipinski definition) is 5. The molecule has 0 aliphatic carbocycles. The molecule has 1 aromatic heterocycles. The van der Waals surface area contributed by atoms with Gasteiger partial charge < -0.3 is 9.72 Å². The smallest absolute Gasteiger partial charge is 0.329 e. The Labute approximate surface area is 131 Å². The topological polar surface area (TPSA) is 81.2 Å². The third-order valence-electron chi connectivity index (χ3n) is 3.12. The predicted octanol–water partition coefficient (Wildman–Crippen LogP) is 1.16. The standard InChI is InChI=1S/C15H16N2O4S/c1-10-13(22-9-12(18)21-2)16-15(20)17(14(10)19)8-11-6-4-3-5-7-11/h3-7H,8-9H2,1-2H3,(H,16,20). The van der Waals surface area contributed by atoms with E-state index in [2.05, 4.69) is 9.72 Å². The van der Waals surface area contributed by atoms with Crippen LogP contribution in [0.3, 0.4) is 0 Å². The van der Waals surface area contributed by atoms with Crippen LogP contribution in [0.15, 0.2) is 44.9 Å². The molecule has 1 N–H and O–H groups in total. The van der Waals surface area contributed by atoms with Crippen LogP contribution in [0.25, 0.3) is 0 Å². The van der Waals surface area contributed by atoms with Crippen molar-refractivity contribution in [3.63, 3.8) is 0 Å². The second-order valence-corrected chi connectivity index (χ2v) is 5.61. The number of nitrogens with zero attached hydrogens (tertiary/aromatic N) is 1. The van der Waals surface area contributed by atoms with Crippen LogP contribution in [0.2, 0.25) is 0 Å². The molecule has 22 heavy (non-hydrogen) atoms. The van der Waals surface area contributed by atoms with Crippen LogP contribution in [0, 0.1) is 6.92 Å². The normalized spacial score (nSPS) is 10.5. The Morgan fingerprint density at radius 2 is 1.95 bits per heavy atom. The maximum atomic E-state index is 12.3. The summed E-state index contributed by atoms with van der Waals surface area (Å²) >= 11 is 1.08. The van der Waals surface area contributed by atoms with Crippen molar-refractivity contribution in [2.75, 3.05) is 12.9 Å². The summed E-state index contributed by atoms with van der Waals surface area (Å²) in [7, 11) is 1.29. The van der Waals surface area contributed by atoms with E-state index in [0.717, 1.165) is 21.9 Å². The van der Waals surface area contributed by atoms with E-state index >= 15 is 0 Å². The van der Waals surface area contributed by atoms with Gasteiger partial charge >= 0.3 is 11.7 Å². The number of aromatic nitrogens is 2. The first-order valence-electron chi connectivity index (χ1n) is 6.60. The average molecular weight is 320 g/mol. The number of aromatic amines is 1. The highest BCUT2D eigenvalue weighted by Gasteiger charge is 2.12. The highest BCUT2D eigenvalue weighted by molar-refractivity contribution is 7.99. The second kappa shape index (κ2) is 7.13. The van der Waals surface area contributed by atoms with E-state index in [4.69, 9.17) is 0 Å². The lowest BCUT2D eigenvalue weighted by Crippen LogP contribution is -2.37. The molecule has 0 aliphatic rings. The van der Waals surface area contributed by atoms with Gasteiger partial charge in [0.15, 0.2) is 0 Å². The molecular weight excluding hydrogens is 304 g/mol. The zero-order valence-electron chi connectivity index (χ0n) is 12.3. The predicted molar refractivity (Wildman–Crippen MR) is 84.3 cm³/mol. The average Bonchev–Trinajstić information content (AvgIpc) is 2.54. The Morgan fingerprint density at radius 1 is 1.27 bits per heavy atom. The van der Waals surface area contributed by atoms with Gasteiger partial charge in [0, 0.05) is 5.56 Å². The number of carbonyl (C=O) groups is 1. The molecule has 0 atom stereocenters. The Morgan fingerprint density at radius 3 is 2.59 bits per heavy atom. The van der Waals surface area contributed by atoms with Crippen molar-refractivity contribution in [3.8, 4) is 0 Å². The number of thioether (sulfide) groups is 1. The van der Waals surface area contributed by atoms with Crippen molar-refractivity contribution in [1.29, 1.82) is 0 Å². The lowest BCUT2D eigenvalue weighted by atomic mass is 10.2. The summed E-state index contributed by atoms with van der Waals surface area (Å²) in [4.78, 5) is 38.3. The van der Waals surface area contributed by atoms with Gasteiger partial charge in [-0.25, -0.2) is 4.79 Å². The first-order chi connectivity index (χ1) is 10.5. The Bertz CT molecular complexity index is 780. The van der Waals surface area contributed by atoms with Gasteiger partial charge in [0.1, 0.15) is 0 Å². The van der Waals surface area contributed by atoms with Crippen molar-refractivity contribution in [2.45, 2.75) is 18.5 Å². The highest BCUT2D eigenvalue weighted by Crippen LogP contribution is 2.15. The van der Waals surface area contributed by atoms with E-state index in [9.17, 15) is 14.4 Å². The van der Waals surface area contributed by atoms with Crippen molar-refractivity contribution in [2.24, 2.45) is 0 Å². The third-order valence-corrected chi connectivity index (χ3v) is 4.19. The summed E-state index contributed by atoms with van der Waals surface area (Å²) in [6.45, 7) is 1.83. The summed E-state index contributed by atoms with van der Waals surface area (Å²) in [6.07, 6.45) is 0. The largest absolute Gasteiger partial charge is 0.468 e. The minimum atomic E-state index is -0.494. The summed E-state index contributed by atoms with van der Waals surface area (Å²) in [5, 5.41) is 0.393. The number of rotatable bonds is 5. The van der Waals surface area contributed by atoms with Crippen molar-refractivity contribution in [1.82, 2.24) is 9.55 Å². The van der Waals surface area contributed by atoms with Gasteiger partial charge in [0.05, 0.1) is 24.4 Å². The maximum Gasteiger partial charge on any atom is 0.329 e. The quantitative estimate of drug-likeness (QED) is 0.508. The van der Waals surface area contributed by atoms with Crippen molar-refractivity contribution < 1.29 is 9.53 Å². The van der Waals surface area contributed by atoms with Crippen LogP contribution in [0.4, 0.5) is 0 Å². The molecule has 2 aromatic rings. The Balaban J connectivity index is 2.31. The minimum absolute atomic E-state index is 0.0371. The molecule has 0 fully saturated rings.